The van der Waals surface area contributed by atoms with Gasteiger partial charge in [0, 0.05) is 0 Å². The smallest absolute Gasteiger partial charge is 0.387 e. The minimum Gasteiger partial charge on any atom is -0.387 e. The van der Waals surface area contributed by atoms with Crippen LogP contribution in [-0.4, -0.2) is 98.9 Å². The zero-order valence-corrected chi connectivity index (χ0v) is 24.6. The first-order chi connectivity index (χ1) is 20.9. The van der Waals surface area contributed by atoms with Gasteiger partial charge in [-0.15, -0.1) is 0 Å². The summed E-state index contributed by atoms with van der Waals surface area (Å²) in [6.07, 6.45) is -7.80. The molecule has 3 aliphatic rings. The number of fused-ring (bicyclic) bond motifs is 5. The number of hydrogen-bond donors (Lipinski definition) is 5. The summed E-state index contributed by atoms with van der Waals surface area (Å²) in [7, 11) is -5.06. The van der Waals surface area contributed by atoms with Gasteiger partial charge < -0.3 is 30.9 Å². The van der Waals surface area contributed by atoms with Crippen LogP contribution in [-0.2, 0) is 36.7 Å². The van der Waals surface area contributed by atoms with E-state index in [4.69, 9.17) is 39.0 Å². The summed E-state index contributed by atoms with van der Waals surface area (Å²) in [6.45, 7) is -5.84. The maximum Gasteiger partial charge on any atom is 0.472 e. The highest BCUT2D eigenvalue weighted by molar-refractivity contribution is 8.44. The van der Waals surface area contributed by atoms with Crippen molar-refractivity contribution in [3.63, 3.8) is 0 Å². The standard InChI is InChI=1S/C20H23FN10O10P2S/c21-9-13-8(39-19(9)30-5-28-10-15(22)24-3-26-17(10)30)2-37-43(35,44)41-14-12(32)7(1-36-42(33,34)40-13)38-20(14)31-6-29-11-16(23)25-4-27-18(11)31/h3-9,12-14,19-20,32H,1-2H2,(H,33,34)(H,35,44)(H2,22,24,26)(H2,23,25,27)/t7-,8-,9+,12?,13?,14+,19-,20-,43+/m1/s1. The van der Waals surface area contributed by atoms with Crippen molar-refractivity contribution >= 4 is 60.8 Å². The Bertz CT molecular complexity index is 1830. The average molecular weight is 676 g/mol. The molecule has 3 fully saturated rings. The molecular formula is C20H23FN10O10P2S. The quantitative estimate of drug-likeness (QED) is 0.141. The molecule has 44 heavy (non-hydrogen) atoms. The predicted molar refractivity (Wildman–Crippen MR) is 146 cm³/mol. The van der Waals surface area contributed by atoms with Crippen molar-refractivity contribution in [1.82, 2.24) is 39.0 Å². The normalized spacial score (nSPS) is 38.3. The number of alkyl halides is 1. The number of hydrogen-bond acceptors (Lipinski definition) is 17. The van der Waals surface area contributed by atoms with Crippen LogP contribution >= 0.6 is 26.9 Å². The van der Waals surface area contributed by atoms with Crippen molar-refractivity contribution in [3.05, 3.63) is 25.3 Å². The van der Waals surface area contributed by atoms with Crippen LogP contribution < -0.4 is 11.5 Å². The molecule has 0 aromatic carbocycles. The number of aliphatic hydroxyl groups excluding tert-OH is 1. The van der Waals surface area contributed by atoms with Crippen LogP contribution in [0.25, 0.3) is 22.3 Å². The lowest BCUT2D eigenvalue weighted by molar-refractivity contribution is -0.0619. The van der Waals surface area contributed by atoms with Crippen LogP contribution in [0.1, 0.15) is 12.5 Å². The van der Waals surface area contributed by atoms with E-state index in [1.165, 1.54) is 28.1 Å². The number of nitrogen functional groups attached to an aromatic ring is 2. The molecule has 24 heteroatoms. The van der Waals surface area contributed by atoms with E-state index in [0.29, 0.717) is 0 Å². The summed E-state index contributed by atoms with van der Waals surface area (Å²) in [5.41, 5.74) is 12.4. The molecule has 7 heterocycles. The summed E-state index contributed by atoms with van der Waals surface area (Å²) < 4.78 is 78.0. The molecule has 3 unspecified atom stereocenters. The summed E-state index contributed by atoms with van der Waals surface area (Å²) in [5, 5.41) is 11.1. The Morgan fingerprint density at radius 1 is 0.841 bits per heavy atom. The number of thiol groups is 1. The average Bonchev–Trinajstić information content (AvgIpc) is 3.73. The molecule has 6 N–H and O–H groups in total. The second-order valence-corrected chi connectivity index (χ2v) is 14.2. The molecular weight excluding hydrogens is 653 g/mol. The van der Waals surface area contributed by atoms with E-state index in [1.54, 1.807) is 0 Å². The molecule has 0 radical (unpaired) electrons. The molecule has 236 valence electrons. The van der Waals surface area contributed by atoms with Gasteiger partial charge in [0.05, 0.1) is 25.9 Å². The molecule has 0 aliphatic carbocycles. The van der Waals surface area contributed by atoms with E-state index < -0.39 is 77.0 Å². The van der Waals surface area contributed by atoms with Crippen molar-refractivity contribution in [1.29, 1.82) is 0 Å². The number of phosphoric acid groups is 1. The van der Waals surface area contributed by atoms with Gasteiger partial charge in [0.25, 0.3) is 0 Å². The third-order valence-electron chi connectivity index (χ3n) is 7.22. The van der Waals surface area contributed by atoms with Gasteiger partial charge in [-0.3, -0.25) is 27.2 Å². The number of rotatable bonds is 2. The van der Waals surface area contributed by atoms with Crippen molar-refractivity contribution in [2.75, 3.05) is 24.7 Å². The number of halogens is 1. The fraction of sp³-hybridized carbons (Fsp3) is 0.500. The molecule has 10 atom stereocenters. The van der Waals surface area contributed by atoms with Crippen LogP contribution in [0.4, 0.5) is 16.0 Å². The number of phosphoric ester groups is 1. The summed E-state index contributed by atoms with van der Waals surface area (Å²) >= 11 is 4.04. The zero-order valence-electron chi connectivity index (χ0n) is 22.0. The molecule has 20 nitrogen and oxygen atoms in total. The lowest BCUT2D eigenvalue weighted by atomic mass is 10.1. The van der Waals surface area contributed by atoms with Crippen molar-refractivity contribution in [3.8, 4) is 0 Å². The lowest BCUT2D eigenvalue weighted by Gasteiger charge is -2.26. The van der Waals surface area contributed by atoms with Crippen LogP contribution in [0.3, 0.4) is 0 Å². The van der Waals surface area contributed by atoms with Crippen molar-refractivity contribution in [2.24, 2.45) is 0 Å². The van der Waals surface area contributed by atoms with E-state index in [0.717, 1.165) is 6.33 Å². The number of aliphatic hydroxyl groups is 1. The van der Waals surface area contributed by atoms with E-state index in [9.17, 15) is 19.1 Å². The van der Waals surface area contributed by atoms with Crippen LogP contribution in [0.5, 0.6) is 0 Å². The Labute approximate surface area is 250 Å². The van der Waals surface area contributed by atoms with Gasteiger partial charge in [0.2, 0.25) is 0 Å². The number of imidazole rings is 2. The molecule has 3 saturated heterocycles. The van der Waals surface area contributed by atoms with E-state index in [1.807, 2.05) is 0 Å². The molecule has 0 saturated carbocycles. The molecule has 0 spiro atoms. The number of aromatic nitrogens is 8. The number of anilines is 2. The first-order valence-electron chi connectivity index (χ1n) is 12.7. The minimum atomic E-state index is -5.06. The third-order valence-corrected chi connectivity index (χ3v) is 9.82. The second kappa shape index (κ2) is 10.9. The van der Waals surface area contributed by atoms with Crippen LogP contribution in [0.15, 0.2) is 25.3 Å². The van der Waals surface area contributed by atoms with Gasteiger partial charge in [0.15, 0.2) is 41.6 Å². The van der Waals surface area contributed by atoms with E-state index >= 15 is 4.39 Å². The zero-order chi connectivity index (χ0) is 31.0. The van der Waals surface area contributed by atoms with Crippen molar-refractivity contribution < 1.29 is 51.1 Å². The maximum atomic E-state index is 15.9. The highest BCUT2D eigenvalue weighted by atomic mass is 32.7. The van der Waals surface area contributed by atoms with Gasteiger partial charge in [-0.1, -0.05) is 12.2 Å². The van der Waals surface area contributed by atoms with Gasteiger partial charge in [-0.25, -0.2) is 43.4 Å². The maximum absolute atomic E-state index is 15.9. The largest absolute Gasteiger partial charge is 0.472 e. The molecule has 2 bridgehead atoms. The van der Waals surface area contributed by atoms with Crippen molar-refractivity contribution in [2.45, 2.75) is 49.1 Å². The van der Waals surface area contributed by atoms with E-state index in [-0.39, 0.29) is 34.0 Å². The highest BCUT2D eigenvalue weighted by Gasteiger charge is 2.54. The van der Waals surface area contributed by atoms with Crippen LogP contribution in [0.2, 0.25) is 0 Å². The fourth-order valence-electron chi connectivity index (χ4n) is 5.19. The second-order valence-electron chi connectivity index (χ2n) is 9.90. The number of nitrogens with zero attached hydrogens (tertiary/aromatic N) is 8. The first-order valence-corrected chi connectivity index (χ1v) is 16.9. The summed E-state index contributed by atoms with van der Waals surface area (Å²) in [6, 6.07) is 0. The Balaban J connectivity index is 1.20. The molecule has 7 rings (SSSR count). The SMILES string of the molecule is Nc1ncnc2c1ncn2[C@@H]1O[C@@H]2CO[P@](=O)(S)O[C@H]3C(O)[C@@H](COP(=O)(O)OC2[C@@H]1F)O[C@H]3n1cnc2c(N)ncnc21. The molecule has 4 aromatic rings. The monoisotopic (exact) mass is 676 g/mol. The minimum absolute atomic E-state index is 0.0302. The first kappa shape index (κ1) is 29.8. The lowest BCUT2D eigenvalue weighted by Crippen LogP contribution is -2.35. The summed E-state index contributed by atoms with van der Waals surface area (Å²) in [5.74, 6) is 0.0891. The predicted octanol–water partition coefficient (Wildman–Crippen LogP) is 0.280. The Morgan fingerprint density at radius 3 is 2.05 bits per heavy atom. The molecule has 3 aliphatic heterocycles. The number of ether oxygens (including phenoxy) is 2. The Hall–Kier alpha value is -2.88. The highest BCUT2D eigenvalue weighted by Crippen LogP contribution is 2.58. The summed E-state index contributed by atoms with van der Waals surface area (Å²) in [4.78, 5) is 34.7. The fourth-order valence-corrected chi connectivity index (χ4v) is 7.60. The molecule has 4 aromatic heterocycles. The van der Waals surface area contributed by atoms with Gasteiger partial charge in [-0.05, 0) is 0 Å². The van der Waals surface area contributed by atoms with E-state index in [2.05, 4.69) is 42.2 Å². The number of nitrogens with two attached hydrogens (primary N) is 2. The van der Waals surface area contributed by atoms with Crippen LogP contribution in [0, 0.1) is 0 Å². The van der Waals surface area contributed by atoms with Gasteiger partial charge >= 0.3 is 14.6 Å². The third kappa shape index (κ3) is 5.14. The molecule has 0 amide bonds. The Kier molecular flexibility index (Phi) is 7.37. The van der Waals surface area contributed by atoms with Gasteiger partial charge in [-0.2, -0.15) is 0 Å². The topological polar surface area (TPSA) is 269 Å². The Morgan fingerprint density at radius 2 is 1.41 bits per heavy atom. The van der Waals surface area contributed by atoms with Gasteiger partial charge in [0.1, 0.15) is 54.2 Å².